The van der Waals surface area contributed by atoms with Crippen molar-refractivity contribution in [2.24, 2.45) is 4.99 Å². The van der Waals surface area contributed by atoms with Crippen molar-refractivity contribution < 1.29 is 4.42 Å². The highest BCUT2D eigenvalue weighted by molar-refractivity contribution is 5.80. The van der Waals surface area contributed by atoms with Gasteiger partial charge in [-0.15, -0.1) is 0 Å². The minimum Gasteiger partial charge on any atom is -0.469 e. The maximum absolute atomic E-state index is 5.39. The number of furan rings is 1. The number of nitrogens with zero attached hydrogens (tertiary/aromatic N) is 1. The van der Waals surface area contributed by atoms with Crippen LogP contribution < -0.4 is 10.6 Å². The van der Waals surface area contributed by atoms with Crippen LogP contribution in [0.25, 0.3) is 0 Å². The lowest BCUT2D eigenvalue weighted by Gasteiger charge is -2.25. The van der Waals surface area contributed by atoms with Gasteiger partial charge in [0.25, 0.3) is 0 Å². The summed E-state index contributed by atoms with van der Waals surface area (Å²) in [6.45, 7) is 1.52. The molecule has 0 aliphatic heterocycles. The van der Waals surface area contributed by atoms with Gasteiger partial charge in [-0.05, 0) is 30.5 Å². The van der Waals surface area contributed by atoms with Crippen molar-refractivity contribution in [1.82, 2.24) is 10.6 Å². The zero-order chi connectivity index (χ0) is 16.5. The van der Waals surface area contributed by atoms with Gasteiger partial charge in [0.2, 0.25) is 0 Å². The Morgan fingerprint density at radius 2 is 1.88 bits per heavy atom. The molecule has 4 nitrogen and oxygen atoms in total. The largest absolute Gasteiger partial charge is 0.469 e. The number of hydrogen-bond donors (Lipinski definition) is 2. The second-order valence-corrected chi connectivity index (χ2v) is 6.39. The number of nitrogens with one attached hydrogen (secondary N) is 2. The smallest absolute Gasteiger partial charge is 0.191 e. The van der Waals surface area contributed by atoms with E-state index in [1.54, 1.807) is 6.26 Å². The average molecular weight is 325 g/mol. The third kappa shape index (κ3) is 5.44. The van der Waals surface area contributed by atoms with Gasteiger partial charge in [-0.25, -0.2) is 4.99 Å². The van der Waals surface area contributed by atoms with E-state index in [0.29, 0.717) is 12.6 Å². The van der Waals surface area contributed by atoms with Gasteiger partial charge in [0.1, 0.15) is 5.76 Å². The molecular weight excluding hydrogens is 298 g/mol. The first-order valence-electron chi connectivity index (χ1n) is 9.01. The fraction of sp³-hybridized carbons (Fsp3) is 0.450. The molecule has 1 fully saturated rings. The molecule has 0 radical (unpaired) electrons. The number of benzene rings is 1. The molecule has 2 N–H and O–H groups in total. The van der Waals surface area contributed by atoms with Crippen LogP contribution in [0.2, 0.25) is 0 Å². The molecule has 24 heavy (non-hydrogen) atoms. The van der Waals surface area contributed by atoms with E-state index < -0.39 is 0 Å². The van der Waals surface area contributed by atoms with Gasteiger partial charge in [-0.2, -0.15) is 0 Å². The van der Waals surface area contributed by atoms with Crippen molar-refractivity contribution in [3.8, 4) is 0 Å². The Kier molecular flexibility index (Phi) is 6.34. The Bertz CT molecular complexity index is 601. The van der Waals surface area contributed by atoms with Crippen LogP contribution in [0.4, 0.5) is 0 Å². The van der Waals surface area contributed by atoms with Crippen LogP contribution in [-0.2, 0) is 13.0 Å². The standard InChI is InChI=1S/C20H27N3O/c1-3-8-17(9-4-1)16-22-20(23-18-10-5-2-6-11-18)21-14-13-19-12-7-15-24-19/h1,3-4,7-9,12,15,18H,2,5-6,10-11,13-14,16H2,(H2,21,22,23). The highest BCUT2D eigenvalue weighted by Crippen LogP contribution is 2.17. The quantitative estimate of drug-likeness (QED) is 0.626. The normalized spacial score (nSPS) is 16.1. The summed E-state index contributed by atoms with van der Waals surface area (Å²) >= 11 is 0. The van der Waals surface area contributed by atoms with Gasteiger partial charge >= 0.3 is 0 Å². The van der Waals surface area contributed by atoms with E-state index in [-0.39, 0.29) is 0 Å². The van der Waals surface area contributed by atoms with Crippen molar-refractivity contribution in [2.45, 2.75) is 51.1 Å². The van der Waals surface area contributed by atoms with E-state index in [1.165, 1.54) is 37.7 Å². The molecule has 128 valence electrons. The Balaban J connectivity index is 1.56. The predicted molar refractivity (Wildman–Crippen MR) is 98.0 cm³/mol. The first kappa shape index (κ1) is 16.6. The summed E-state index contributed by atoms with van der Waals surface area (Å²) in [6, 6.07) is 14.9. The van der Waals surface area contributed by atoms with Crippen molar-refractivity contribution in [3.63, 3.8) is 0 Å². The monoisotopic (exact) mass is 325 g/mol. The minimum absolute atomic E-state index is 0.546. The SMILES string of the molecule is c1ccc(CN=C(NCCc2ccco2)NC2CCCCC2)cc1. The summed E-state index contributed by atoms with van der Waals surface area (Å²) in [5, 5.41) is 7.07. The van der Waals surface area contributed by atoms with Crippen LogP contribution in [-0.4, -0.2) is 18.5 Å². The highest BCUT2D eigenvalue weighted by atomic mass is 16.3. The van der Waals surface area contributed by atoms with Crippen molar-refractivity contribution >= 4 is 5.96 Å². The fourth-order valence-corrected chi connectivity index (χ4v) is 3.11. The molecule has 0 saturated heterocycles. The van der Waals surface area contributed by atoms with E-state index in [9.17, 15) is 0 Å². The Morgan fingerprint density at radius 3 is 2.62 bits per heavy atom. The Labute approximate surface area is 144 Å². The number of rotatable bonds is 6. The molecule has 1 aromatic heterocycles. The lowest BCUT2D eigenvalue weighted by molar-refractivity contribution is 0.409. The van der Waals surface area contributed by atoms with Crippen LogP contribution in [0.1, 0.15) is 43.4 Å². The molecule has 1 aliphatic carbocycles. The van der Waals surface area contributed by atoms with Crippen LogP contribution in [0.5, 0.6) is 0 Å². The van der Waals surface area contributed by atoms with Gasteiger partial charge in [0.05, 0.1) is 12.8 Å². The van der Waals surface area contributed by atoms with Crippen LogP contribution in [0, 0.1) is 0 Å². The number of hydrogen-bond acceptors (Lipinski definition) is 2. The van der Waals surface area contributed by atoms with Crippen LogP contribution >= 0.6 is 0 Å². The average Bonchev–Trinajstić information content (AvgIpc) is 3.15. The van der Waals surface area contributed by atoms with Gasteiger partial charge < -0.3 is 15.1 Å². The summed E-state index contributed by atoms with van der Waals surface area (Å²) < 4.78 is 5.39. The topological polar surface area (TPSA) is 49.6 Å². The van der Waals surface area contributed by atoms with Crippen molar-refractivity contribution in [1.29, 1.82) is 0 Å². The number of aliphatic imine (C=N–C) groups is 1. The second-order valence-electron chi connectivity index (χ2n) is 6.39. The third-order valence-electron chi connectivity index (χ3n) is 4.45. The maximum Gasteiger partial charge on any atom is 0.191 e. The lowest BCUT2D eigenvalue weighted by atomic mass is 9.96. The first-order valence-corrected chi connectivity index (χ1v) is 9.01. The molecule has 0 spiro atoms. The molecule has 1 heterocycles. The van der Waals surface area contributed by atoms with E-state index in [4.69, 9.17) is 9.41 Å². The van der Waals surface area contributed by atoms with Gasteiger partial charge in [-0.3, -0.25) is 0 Å². The Hall–Kier alpha value is -2.23. The molecule has 3 rings (SSSR count). The Morgan fingerprint density at radius 1 is 1.04 bits per heavy atom. The lowest BCUT2D eigenvalue weighted by Crippen LogP contribution is -2.44. The fourth-order valence-electron chi connectivity index (χ4n) is 3.11. The molecular formula is C20H27N3O. The molecule has 0 bridgehead atoms. The molecule has 0 atom stereocenters. The van der Waals surface area contributed by atoms with E-state index >= 15 is 0 Å². The first-order chi connectivity index (χ1) is 11.9. The molecule has 2 aromatic rings. The molecule has 4 heteroatoms. The summed E-state index contributed by atoms with van der Waals surface area (Å²) in [4.78, 5) is 4.77. The zero-order valence-electron chi connectivity index (χ0n) is 14.2. The van der Waals surface area contributed by atoms with E-state index in [0.717, 1.165) is 24.7 Å². The van der Waals surface area contributed by atoms with Crippen LogP contribution in [0.15, 0.2) is 58.1 Å². The van der Waals surface area contributed by atoms with Crippen molar-refractivity contribution in [2.75, 3.05) is 6.54 Å². The summed E-state index contributed by atoms with van der Waals surface area (Å²) in [6.07, 6.45) is 9.06. The van der Waals surface area contributed by atoms with E-state index in [1.807, 2.05) is 18.2 Å². The van der Waals surface area contributed by atoms with Crippen LogP contribution in [0.3, 0.4) is 0 Å². The van der Waals surface area contributed by atoms with Crippen molar-refractivity contribution in [3.05, 3.63) is 60.1 Å². The predicted octanol–water partition coefficient (Wildman–Crippen LogP) is 3.89. The van der Waals surface area contributed by atoms with Gasteiger partial charge in [-0.1, -0.05) is 49.6 Å². The third-order valence-corrected chi connectivity index (χ3v) is 4.45. The molecule has 1 aliphatic rings. The second kappa shape index (κ2) is 9.16. The molecule has 1 aromatic carbocycles. The summed E-state index contributed by atoms with van der Waals surface area (Å²) in [7, 11) is 0. The zero-order valence-corrected chi connectivity index (χ0v) is 14.2. The maximum atomic E-state index is 5.39. The summed E-state index contributed by atoms with van der Waals surface area (Å²) in [5.74, 6) is 1.92. The summed E-state index contributed by atoms with van der Waals surface area (Å²) in [5.41, 5.74) is 1.23. The van der Waals surface area contributed by atoms with Gasteiger partial charge in [0.15, 0.2) is 5.96 Å². The van der Waals surface area contributed by atoms with Gasteiger partial charge in [0, 0.05) is 19.0 Å². The number of guanidine groups is 1. The molecule has 0 amide bonds. The molecule has 1 saturated carbocycles. The minimum atomic E-state index is 0.546. The molecule has 0 unspecified atom stereocenters. The highest BCUT2D eigenvalue weighted by Gasteiger charge is 2.14. The van der Waals surface area contributed by atoms with E-state index in [2.05, 4.69) is 34.9 Å².